The van der Waals surface area contributed by atoms with Crippen LogP contribution in [0.1, 0.15) is 35.6 Å². The van der Waals surface area contributed by atoms with Crippen LogP contribution >= 0.6 is 0 Å². The van der Waals surface area contributed by atoms with Gasteiger partial charge in [-0.05, 0) is 31.2 Å². The van der Waals surface area contributed by atoms with Crippen molar-refractivity contribution in [3.8, 4) is 0 Å². The molecule has 1 aliphatic rings. The Morgan fingerprint density at radius 1 is 1.12 bits per heavy atom. The number of alkyl halides is 3. The first kappa shape index (κ1) is 23.1. The standard InChI is InChI=1S/C22H21F3N8O/c1-13(31-21(34)20-26-8-7-18-17(10-29-20)30-12-33(18)2)16-9-28-19(11-27-16)32-15-5-3-14(4-6-15)22(23,24)25/h3-6,9-13H,7-8H2,1-2H3,(H,28,32)(H,31,34). The zero-order valence-corrected chi connectivity index (χ0v) is 18.3. The van der Waals surface area contributed by atoms with Gasteiger partial charge in [0, 0.05) is 31.4 Å². The fourth-order valence-electron chi connectivity index (χ4n) is 3.30. The number of hydrogen-bond donors (Lipinski definition) is 2. The van der Waals surface area contributed by atoms with Gasteiger partial charge in [-0.15, -0.1) is 0 Å². The van der Waals surface area contributed by atoms with Crippen molar-refractivity contribution in [2.75, 3.05) is 11.9 Å². The molecule has 1 amide bonds. The number of rotatable bonds is 5. The molecule has 1 aliphatic heterocycles. The Balaban J connectivity index is 1.37. The van der Waals surface area contributed by atoms with E-state index < -0.39 is 23.7 Å². The summed E-state index contributed by atoms with van der Waals surface area (Å²) in [5.41, 5.74) is 1.91. The molecule has 0 aliphatic carbocycles. The number of carbonyl (C=O) groups is 1. The monoisotopic (exact) mass is 470 g/mol. The zero-order valence-electron chi connectivity index (χ0n) is 18.3. The summed E-state index contributed by atoms with van der Waals surface area (Å²) in [6.07, 6.45) is 2.37. The molecule has 9 nitrogen and oxygen atoms in total. The summed E-state index contributed by atoms with van der Waals surface area (Å²) >= 11 is 0. The maximum absolute atomic E-state index is 12.7. The molecule has 0 saturated heterocycles. The number of nitrogens with one attached hydrogen (secondary N) is 2. The maximum Gasteiger partial charge on any atom is 0.416 e. The van der Waals surface area contributed by atoms with Gasteiger partial charge in [0.25, 0.3) is 5.91 Å². The second-order valence-electron chi connectivity index (χ2n) is 7.62. The largest absolute Gasteiger partial charge is 0.416 e. The van der Waals surface area contributed by atoms with E-state index in [9.17, 15) is 18.0 Å². The van der Waals surface area contributed by atoms with E-state index in [0.29, 0.717) is 35.9 Å². The van der Waals surface area contributed by atoms with Crippen molar-refractivity contribution in [1.82, 2.24) is 24.8 Å². The number of aliphatic imine (C=N–C) groups is 2. The zero-order chi connectivity index (χ0) is 24.3. The van der Waals surface area contributed by atoms with Crippen LogP contribution in [0.4, 0.5) is 24.7 Å². The normalized spacial score (nSPS) is 14.4. The smallest absolute Gasteiger partial charge is 0.341 e. The maximum atomic E-state index is 12.7. The number of fused-ring (bicyclic) bond motifs is 1. The molecule has 4 rings (SSSR count). The van der Waals surface area contributed by atoms with Crippen LogP contribution in [0.3, 0.4) is 0 Å². The van der Waals surface area contributed by atoms with Crippen LogP contribution in [0.5, 0.6) is 0 Å². The lowest BCUT2D eigenvalue weighted by atomic mass is 10.2. The number of aromatic nitrogens is 4. The van der Waals surface area contributed by atoms with E-state index in [1.807, 2.05) is 11.6 Å². The topological polar surface area (TPSA) is 109 Å². The Morgan fingerprint density at radius 3 is 2.56 bits per heavy atom. The number of amides is 1. The molecule has 176 valence electrons. The summed E-state index contributed by atoms with van der Waals surface area (Å²) in [6.45, 7) is 2.15. The minimum atomic E-state index is -4.39. The second kappa shape index (κ2) is 9.41. The van der Waals surface area contributed by atoms with Crippen LogP contribution in [0.25, 0.3) is 0 Å². The van der Waals surface area contributed by atoms with E-state index in [0.717, 1.165) is 17.8 Å². The van der Waals surface area contributed by atoms with E-state index in [-0.39, 0.29) is 5.84 Å². The number of benzene rings is 1. The number of nitrogens with zero attached hydrogens (tertiary/aromatic N) is 6. The Bertz CT molecular complexity index is 1230. The van der Waals surface area contributed by atoms with Gasteiger partial charge in [-0.3, -0.25) is 14.8 Å². The molecule has 0 fully saturated rings. The predicted octanol–water partition coefficient (Wildman–Crippen LogP) is 3.22. The number of aryl methyl sites for hydroxylation is 1. The van der Waals surface area contributed by atoms with Gasteiger partial charge in [0.1, 0.15) is 11.5 Å². The van der Waals surface area contributed by atoms with E-state index in [4.69, 9.17) is 0 Å². The van der Waals surface area contributed by atoms with Crippen LogP contribution in [-0.2, 0) is 24.4 Å². The van der Waals surface area contributed by atoms with Gasteiger partial charge >= 0.3 is 6.18 Å². The van der Waals surface area contributed by atoms with Gasteiger partial charge in [0.05, 0.1) is 42.2 Å². The van der Waals surface area contributed by atoms with E-state index >= 15 is 0 Å². The van der Waals surface area contributed by atoms with Gasteiger partial charge in [-0.25, -0.2) is 15.0 Å². The summed E-state index contributed by atoms with van der Waals surface area (Å²) in [4.78, 5) is 33.9. The number of imidazole rings is 1. The molecule has 0 saturated carbocycles. The highest BCUT2D eigenvalue weighted by molar-refractivity contribution is 6.39. The second-order valence-corrected chi connectivity index (χ2v) is 7.62. The van der Waals surface area contributed by atoms with Crippen molar-refractivity contribution < 1.29 is 18.0 Å². The Morgan fingerprint density at radius 2 is 1.88 bits per heavy atom. The van der Waals surface area contributed by atoms with Gasteiger partial charge in [0.15, 0.2) is 0 Å². The van der Waals surface area contributed by atoms with E-state index in [1.165, 1.54) is 30.7 Å². The van der Waals surface area contributed by atoms with Crippen LogP contribution < -0.4 is 10.6 Å². The van der Waals surface area contributed by atoms with Crippen LogP contribution in [-0.4, -0.2) is 44.0 Å². The summed E-state index contributed by atoms with van der Waals surface area (Å²) in [7, 11) is 1.89. The molecule has 0 spiro atoms. The van der Waals surface area contributed by atoms with Gasteiger partial charge in [0.2, 0.25) is 5.84 Å². The molecule has 3 heterocycles. The first-order valence-electron chi connectivity index (χ1n) is 10.4. The molecule has 2 aromatic heterocycles. The lowest BCUT2D eigenvalue weighted by molar-refractivity contribution is -0.137. The van der Waals surface area contributed by atoms with Crippen LogP contribution in [0.15, 0.2) is 53.0 Å². The van der Waals surface area contributed by atoms with Crippen molar-refractivity contribution >= 4 is 29.5 Å². The first-order valence-corrected chi connectivity index (χ1v) is 10.4. The number of amidine groups is 1. The Hall–Kier alpha value is -4.09. The van der Waals surface area contributed by atoms with Gasteiger partial charge in [-0.1, -0.05) is 0 Å². The molecule has 12 heteroatoms. The molecule has 0 radical (unpaired) electrons. The van der Waals surface area contributed by atoms with Gasteiger partial charge in [-0.2, -0.15) is 13.2 Å². The predicted molar refractivity (Wildman–Crippen MR) is 120 cm³/mol. The fourth-order valence-corrected chi connectivity index (χ4v) is 3.30. The number of anilines is 2. The van der Waals surface area contributed by atoms with Crippen molar-refractivity contribution in [2.24, 2.45) is 17.0 Å². The number of carbonyl (C=O) groups excluding carboxylic acids is 1. The van der Waals surface area contributed by atoms with Crippen molar-refractivity contribution in [2.45, 2.75) is 25.6 Å². The van der Waals surface area contributed by atoms with E-state index in [1.54, 1.807) is 13.3 Å². The average molecular weight is 470 g/mol. The molecule has 2 N–H and O–H groups in total. The summed E-state index contributed by atoms with van der Waals surface area (Å²) in [5, 5.41) is 5.68. The molecule has 1 atom stereocenters. The highest BCUT2D eigenvalue weighted by atomic mass is 19.4. The highest BCUT2D eigenvalue weighted by Crippen LogP contribution is 2.30. The average Bonchev–Trinajstić information content (AvgIpc) is 3.12. The summed E-state index contributed by atoms with van der Waals surface area (Å²) in [6, 6.07) is 4.11. The molecule has 1 unspecified atom stereocenters. The lowest BCUT2D eigenvalue weighted by Gasteiger charge is -2.14. The van der Waals surface area contributed by atoms with Crippen molar-refractivity contribution in [1.29, 1.82) is 0 Å². The van der Waals surface area contributed by atoms with Crippen molar-refractivity contribution in [3.05, 3.63) is 65.6 Å². The number of hydrogen-bond acceptors (Lipinski definition) is 7. The number of halogens is 3. The summed E-state index contributed by atoms with van der Waals surface area (Å²) in [5.74, 6) is -0.0456. The van der Waals surface area contributed by atoms with E-state index in [2.05, 4.69) is 35.6 Å². The Labute approximate surface area is 192 Å². The third kappa shape index (κ3) is 5.27. The quantitative estimate of drug-likeness (QED) is 0.595. The molecule has 1 aromatic carbocycles. The Kier molecular flexibility index (Phi) is 6.39. The molecular weight excluding hydrogens is 449 g/mol. The van der Waals surface area contributed by atoms with Crippen molar-refractivity contribution in [3.63, 3.8) is 0 Å². The first-order chi connectivity index (χ1) is 16.2. The minimum Gasteiger partial charge on any atom is -0.341 e. The third-order valence-electron chi connectivity index (χ3n) is 5.16. The molecular formula is C22H21F3N8O. The lowest BCUT2D eigenvalue weighted by Crippen LogP contribution is -2.33. The van der Waals surface area contributed by atoms with Crippen LogP contribution in [0.2, 0.25) is 0 Å². The summed E-state index contributed by atoms with van der Waals surface area (Å²) < 4.78 is 39.9. The molecule has 0 bridgehead atoms. The molecule has 34 heavy (non-hydrogen) atoms. The third-order valence-corrected chi connectivity index (χ3v) is 5.16. The minimum absolute atomic E-state index is 0.0525. The van der Waals surface area contributed by atoms with Gasteiger partial charge < -0.3 is 15.2 Å². The highest BCUT2D eigenvalue weighted by Gasteiger charge is 2.30. The SMILES string of the molecule is CC(NC(=O)C1=NCCc2c(ncn2C)C=N1)c1cnc(Nc2ccc(C(F)(F)F)cc2)cn1. The van der Waals surface area contributed by atoms with Crippen LogP contribution in [0, 0.1) is 0 Å². The molecule has 3 aromatic rings. The fraction of sp³-hybridized carbons (Fsp3) is 0.273.